The minimum absolute atomic E-state index is 0.103. The minimum Gasteiger partial charge on any atom is -0.392 e. The van der Waals surface area contributed by atoms with Gasteiger partial charge in [0.25, 0.3) is 0 Å². The molecule has 22 heavy (non-hydrogen) atoms. The molecule has 0 amide bonds. The molecule has 0 spiro atoms. The monoisotopic (exact) mass is 322 g/mol. The normalized spacial score (nSPS) is 28.1. The molecule has 0 saturated carbocycles. The lowest BCUT2D eigenvalue weighted by Gasteiger charge is -2.21. The summed E-state index contributed by atoms with van der Waals surface area (Å²) in [6.45, 7) is -0.596. The maximum absolute atomic E-state index is 10.0. The average molecular weight is 322 g/mol. The van der Waals surface area contributed by atoms with Gasteiger partial charge in [0.2, 0.25) is 11.5 Å². The topological polar surface area (TPSA) is 143 Å². The molecule has 0 aliphatic carbocycles. The lowest BCUT2D eigenvalue weighted by molar-refractivity contribution is -0.0904. The number of fused-ring (bicyclic) bond motifs is 1. The Balaban J connectivity index is 2.06. The number of rotatable bonds is 3. The van der Waals surface area contributed by atoms with Crippen LogP contribution in [0.4, 0.5) is 5.95 Å². The van der Waals surface area contributed by atoms with Crippen LogP contribution in [0.5, 0.6) is 0 Å². The van der Waals surface area contributed by atoms with Gasteiger partial charge in [0.1, 0.15) is 28.9 Å². The molecule has 3 heterocycles. The van der Waals surface area contributed by atoms with Gasteiger partial charge < -0.3 is 20.7 Å². The fourth-order valence-electron chi connectivity index (χ4n) is 2.46. The summed E-state index contributed by atoms with van der Waals surface area (Å²) >= 11 is 1.39. The summed E-state index contributed by atoms with van der Waals surface area (Å²) in [5, 5.41) is 29.2. The molecular weight excluding hydrogens is 308 g/mol. The molecule has 9 nitrogen and oxygen atoms in total. The number of nitriles is 1. The number of aliphatic hydroxyl groups excluding tert-OH is 2. The Hall–Kier alpha value is -1.93. The van der Waals surface area contributed by atoms with Gasteiger partial charge in [0, 0.05) is 6.42 Å². The van der Waals surface area contributed by atoms with Gasteiger partial charge in [0.15, 0.2) is 5.65 Å². The first-order valence-corrected chi connectivity index (χ1v) is 7.69. The van der Waals surface area contributed by atoms with E-state index in [1.165, 1.54) is 18.1 Å². The Bertz CT molecular complexity index is 759. The van der Waals surface area contributed by atoms with Crippen molar-refractivity contribution in [1.82, 2.24) is 19.5 Å². The van der Waals surface area contributed by atoms with E-state index in [1.807, 2.05) is 12.3 Å². The zero-order valence-corrected chi connectivity index (χ0v) is 12.5. The molecule has 2 aromatic heterocycles. The van der Waals surface area contributed by atoms with E-state index in [2.05, 4.69) is 15.0 Å². The number of nitrogens with zero attached hydrogens (tertiary/aromatic N) is 5. The molecule has 1 saturated heterocycles. The van der Waals surface area contributed by atoms with Crippen molar-refractivity contribution in [2.75, 3.05) is 18.6 Å². The predicted molar refractivity (Wildman–Crippen MR) is 77.7 cm³/mol. The molecule has 4 N–H and O–H groups in total. The van der Waals surface area contributed by atoms with Crippen LogP contribution in [-0.4, -0.2) is 54.3 Å². The van der Waals surface area contributed by atoms with E-state index in [0.717, 1.165) is 0 Å². The van der Waals surface area contributed by atoms with Crippen LogP contribution in [0.1, 0.15) is 12.6 Å². The number of aromatic nitrogens is 4. The molecular formula is C12H14N6O3S. The van der Waals surface area contributed by atoms with Crippen LogP contribution < -0.4 is 5.73 Å². The third kappa shape index (κ3) is 2.10. The molecule has 1 aliphatic rings. The Morgan fingerprint density at radius 1 is 1.64 bits per heavy atom. The van der Waals surface area contributed by atoms with Crippen LogP contribution in [0.25, 0.3) is 11.2 Å². The van der Waals surface area contributed by atoms with Crippen molar-refractivity contribution in [1.29, 1.82) is 5.26 Å². The number of thioether (sulfide) groups is 1. The maximum Gasteiger partial charge on any atom is 0.223 e. The summed E-state index contributed by atoms with van der Waals surface area (Å²) < 4.78 is 7.17. The first-order chi connectivity index (χ1) is 10.5. The molecule has 3 rings (SSSR count). The van der Waals surface area contributed by atoms with E-state index in [-0.39, 0.29) is 12.4 Å². The van der Waals surface area contributed by atoms with Gasteiger partial charge in [-0.3, -0.25) is 4.57 Å². The number of imidazole rings is 1. The van der Waals surface area contributed by atoms with E-state index >= 15 is 0 Å². The molecule has 1 aliphatic heterocycles. The zero-order chi connectivity index (χ0) is 15.9. The van der Waals surface area contributed by atoms with Crippen LogP contribution in [0.2, 0.25) is 0 Å². The number of hydrogen-bond donors (Lipinski definition) is 3. The van der Waals surface area contributed by atoms with Gasteiger partial charge in [-0.05, 0) is 6.26 Å². The van der Waals surface area contributed by atoms with Gasteiger partial charge in [-0.1, -0.05) is 0 Å². The summed E-state index contributed by atoms with van der Waals surface area (Å²) in [6, 6.07) is 1.83. The molecule has 0 bridgehead atoms. The van der Waals surface area contributed by atoms with Crippen LogP contribution >= 0.6 is 11.8 Å². The quantitative estimate of drug-likeness (QED) is 0.511. The fourth-order valence-corrected chi connectivity index (χ4v) is 2.98. The largest absolute Gasteiger partial charge is 0.392 e. The third-order valence-electron chi connectivity index (χ3n) is 3.64. The first-order valence-electron chi connectivity index (χ1n) is 6.46. The highest BCUT2D eigenvalue weighted by Crippen LogP contribution is 2.38. The van der Waals surface area contributed by atoms with Crippen molar-refractivity contribution in [2.45, 2.75) is 29.4 Å². The van der Waals surface area contributed by atoms with Crippen molar-refractivity contribution in [3.8, 4) is 6.07 Å². The van der Waals surface area contributed by atoms with Gasteiger partial charge in [-0.25, -0.2) is 9.97 Å². The van der Waals surface area contributed by atoms with E-state index in [4.69, 9.17) is 10.5 Å². The standard InChI is InChI=1S/C12H14N6O3S/c1-22-10-8-9(16-11(14)17-10)18(5-15-8)7-2-6(20)12(3-13,4-19)21-7/h5-7,19-20H,2,4H2,1H3,(H2,14,16,17)/t6-,7+,12+/m0/s1. The first kappa shape index (κ1) is 15.0. The Labute approximate surface area is 129 Å². The van der Waals surface area contributed by atoms with Crippen molar-refractivity contribution in [3.63, 3.8) is 0 Å². The van der Waals surface area contributed by atoms with Crippen molar-refractivity contribution in [3.05, 3.63) is 6.33 Å². The third-order valence-corrected chi connectivity index (χ3v) is 4.32. The summed E-state index contributed by atoms with van der Waals surface area (Å²) in [4.78, 5) is 12.5. The van der Waals surface area contributed by atoms with Gasteiger partial charge in [0.05, 0.1) is 12.9 Å². The van der Waals surface area contributed by atoms with Crippen LogP contribution in [0, 0.1) is 11.3 Å². The summed E-state index contributed by atoms with van der Waals surface area (Å²) in [7, 11) is 0. The van der Waals surface area contributed by atoms with E-state index in [0.29, 0.717) is 16.2 Å². The Morgan fingerprint density at radius 2 is 2.41 bits per heavy atom. The lowest BCUT2D eigenvalue weighted by atomic mass is 10.00. The Morgan fingerprint density at radius 3 is 3.00 bits per heavy atom. The molecule has 0 unspecified atom stereocenters. The highest BCUT2D eigenvalue weighted by Gasteiger charge is 2.49. The summed E-state index contributed by atoms with van der Waals surface area (Å²) in [5.41, 5.74) is 5.09. The molecule has 10 heteroatoms. The molecule has 116 valence electrons. The second-order valence-corrected chi connectivity index (χ2v) is 5.69. The van der Waals surface area contributed by atoms with Crippen molar-refractivity contribution in [2.24, 2.45) is 0 Å². The number of ether oxygens (including phenoxy) is 1. The van der Waals surface area contributed by atoms with Crippen molar-refractivity contribution >= 4 is 28.9 Å². The number of hydrogen-bond acceptors (Lipinski definition) is 9. The minimum atomic E-state index is -1.64. The molecule has 3 atom stereocenters. The molecule has 0 radical (unpaired) electrons. The number of nitrogens with two attached hydrogens (primary N) is 1. The van der Waals surface area contributed by atoms with E-state index < -0.39 is 24.5 Å². The van der Waals surface area contributed by atoms with Gasteiger partial charge in [-0.2, -0.15) is 10.2 Å². The second-order valence-electron chi connectivity index (χ2n) is 4.90. The van der Waals surface area contributed by atoms with Crippen molar-refractivity contribution < 1.29 is 14.9 Å². The number of aliphatic hydroxyl groups is 2. The average Bonchev–Trinajstić information content (AvgIpc) is 3.07. The highest BCUT2D eigenvalue weighted by molar-refractivity contribution is 7.98. The molecule has 0 aromatic carbocycles. The fraction of sp³-hybridized carbons (Fsp3) is 0.500. The van der Waals surface area contributed by atoms with Crippen LogP contribution in [-0.2, 0) is 4.74 Å². The van der Waals surface area contributed by atoms with Gasteiger partial charge >= 0.3 is 0 Å². The molecule has 2 aromatic rings. The van der Waals surface area contributed by atoms with Crippen LogP contribution in [0.15, 0.2) is 11.4 Å². The maximum atomic E-state index is 10.0. The molecule has 1 fully saturated rings. The van der Waals surface area contributed by atoms with E-state index in [9.17, 15) is 15.5 Å². The zero-order valence-electron chi connectivity index (χ0n) is 11.7. The lowest BCUT2D eigenvalue weighted by Crippen LogP contribution is -2.41. The Kier molecular flexibility index (Phi) is 3.65. The second kappa shape index (κ2) is 5.36. The van der Waals surface area contributed by atoms with Crippen LogP contribution in [0.3, 0.4) is 0 Å². The number of nitrogen functional groups attached to an aromatic ring is 1. The number of anilines is 1. The SMILES string of the molecule is CSc1nc(N)nc2c1ncn2[C@H]1C[C@H](O)[C@@](C#N)(CO)O1. The summed E-state index contributed by atoms with van der Waals surface area (Å²) in [5.74, 6) is 0.103. The predicted octanol–water partition coefficient (Wildman–Crippen LogP) is -0.335. The summed E-state index contributed by atoms with van der Waals surface area (Å²) in [6.07, 6.45) is 1.71. The van der Waals surface area contributed by atoms with Gasteiger partial charge in [-0.15, -0.1) is 11.8 Å². The van der Waals surface area contributed by atoms with E-state index in [1.54, 1.807) is 4.57 Å². The highest BCUT2D eigenvalue weighted by atomic mass is 32.2. The smallest absolute Gasteiger partial charge is 0.223 e.